The van der Waals surface area contributed by atoms with Crippen LogP contribution in [0.5, 0.6) is 0 Å². The third-order valence-electron chi connectivity index (χ3n) is 4.67. The fourth-order valence-electron chi connectivity index (χ4n) is 2.81. The lowest BCUT2D eigenvalue weighted by Crippen LogP contribution is -2.27. The van der Waals surface area contributed by atoms with Crippen LogP contribution in [0.25, 0.3) is 0 Å². The molecule has 0 saturated carbocycles. The minimum atomic E-state index is -3.71. The molecule has 0 saturated heterocycles. The van der Waals surface area contributed by atoms with Crippen molar-refractivity contribution in [2.75, 3.05) is 17.6 Å². The Bertz CT molecular complexity index is 1180. The lowest BCUT2D eigenvalue weighted by atomic mass is 10.1. The first-order chi connectivity index (χ1) is 14.7. The second-order valence-corrected chi connectivity index (χ2v) is 10.3. The molecule has 0 unspecified atom stereocenters. The maximum Gasteiger partial charge on any atom is 0.264 e. The zero-order valence-corrected chi connectivity index (χ0v) is 19.9. The molecule has 0 aliphatic rings. The predicted molar refractivity (Wildman–Crippen MR) is 128 cm³/mol. The Hall–Kier alpha value is -2.19. The number of hydrogen-bond donors (Lipinski definition) is 1. The first-order valence-corrected chi connectivity index (χ1v) is 12.6. The average molecular weight is 495 g/mol. The zero-order valence-electron chi connectivity index (χ0n) is 16.8. The van der Waals surface area contributed by atoms with Gasteiger partial charge in [0.2, 0.25) is 0 Å². The first-order valence-electron chi connectivity index (χ1n) is 9.17. The highest BCUT2D eigenvalue weighted by molar-refractivity contribution is 7.98. The van der Waals surface area contributed by atoms with Gasteiger partial charge in [-0.3, -0.25) is 9.10 Å². The summed E-state index contributed by atoms with van der Waals surface area (Å²) in [5.41, 5.74) is 1.60. The number of hydrogen-bond acceptors (Lipinski definition) is 4. The molecule has 0 aromatic heterocycles. The lowest BCUT2D eigenvalue weighted by Gasteiger charge is -2.20. The minimum absolute atomic E-state index is 0.203. The highest BCUT2D eigenvalue weighted by atomic mass is 35.5. The highest BCUT2D eigenvalue weighted by Crippen LogP contribution is 2.25. The Kier molecular flexibility index (Phi) is 7.54. The van der Waals surface area contributed by atoms with E-state index in [0.717, 1.165) is 10.5 Å². The normalized spacial score (nSPS) is 11.2. The third kappa shape index (κ3) is 5.54. The standard InChI is InChI=1S/C22H20Cl2N2O3S2/c1-26(31(28,29)20-11-9-19(30-2)10-12-20)18-7-4-15(5-8-18)22(27)25-14-16-3-6-17(23)13-21(16)24/h3-13H,14H2,1-2H3,(H,25,27). The summed E-state index contributed by atoms with van der Waals surface area (Å²) < 4.78 is 27.0. The molecule has 0 aliphatic heterocycles. The molecule has 162 valence electrons. The van der Waals surface area contributed by atoms with Crippen LogP contribution in [-0.2, 0) is 16.6 Å². The van der Waals surface area contributed by atoms with Crippen molar-refractivity contribution in [2.45, 2.75) is 16.3 Å². The van der Waals surface area contributed by atoms with Gasteiger partial charge in [-0.2, -0.15) is 0 Å². The van der Waals surface area contributed by atoms with Crippen LogP contribution < -0.4 is 9.62 Å². The van der Waals surface area contributed by atoms with Crippen LogP contribution in [0, 0.1) is 0 Å². The number of nitrogens with one attached hydrogen (secondary N) is 1. The molecule has 0 aliphatic carbocycles. The van der Waals surface area contributed by atoms with Gasteiger partial charge in [-0.25, -0.2) is 8.42 Å². The molecule has 0 bridgehead atoms. The van der Waals surface area contributed by atoms with E-state index in [2.05, 4.69) is 5.32 Å². The van der Waals surface area contributed by atoms with Gasteiger partial charge in [-0.15, -0.1) is 11.8 Å². The molecular weight excluding hydrogens is 475 g/mol. The topological polar surface area (TPSA) is 66.5 Å². The number of nitrogens with zero attached hydrogens (tertiary/aromatic N) is 1. The number of thioether (sulfide) groups is 1. The van der Waals surface area contributed by atoms with Crippen LogP contribution in [0.15, 0.2) is 76.5 Å². The van der Waals surface area contributed by atoms with Crippen LogP contribution in [0.1, 0.15) is 15.9 Å². The molecule has 5 nitrogen and oxygen atoms in total. The Labute approximate surface area is 196 Å². The van der Waals surface area contributed by atoms with Gasteiger partial charge in [-0.1, -0.05) is 29.3 Å². The van der Waals surface area contributed by atoms with Crippen LogP contribution in [0.4, 0.5) is 5.69 Å². The molecular formula is C22H20Cl2N2O3S2. The third-order valence-corrected chi connectivity index (χ3v) is 7.80. The Morgan fingerprint density at radius 3 is 2.23 bits per heavy atom. The predicted octanol–water partition coefficient (Wildman–Crippen LogP) is 5.47. The van der Waals surface area contributed by atoms with Crippen LogP contribution in [0.2, 0.25) is 10.0 Å². The number of rotatable bonds is 7. The molecule has 0 radical (unpaired) electrons. The summed E-state index contributed by atoms with van der Waals surface area (Å²) in [5.74, 6) is -0.296. The summed E-state index contributed by atoms with van der Waals surface area (Å²) in [6.07, 6.45) is 1.93. The van der Waals surface area contributed by atoms with Gasteiger partial charge in [0.25, 0.3) is 15.9 Å². The van der Waals surface area contributed by atoms with E-state index in [1.54, 1.807) is 78.5 Å². The van der Waals surface area contributed by atoms with Gasteiger partial charge in [-0.05, 0) is 72.5 Å². The molecule has 1 N–H and O–H groups in total. The van der Waals surface area contributed by atoms with Crippen molar-refractivity contribution in [2.24, 2.45) is 0 Å². The summed E-state index contributed by atoms with van der Waals surface area (Å²) in [4.78, 5) is 13.6. The van der Waals surface area contributed by atoms with Gasteiger partial charge in [0, 0.05) is 34.1 Å². The van der Waals surface area contributed by atoms with E-state index >= 15 is 0 Å². The van der Waals surface area contributed by atoms with Crippen molar-refractivity contribution < 1.29 is 13.2 Å². The number of sulfonamides is 1. The van der Waals surface area contributed by atoms with E-state index in [1.807, 2.05) is 6.26 Å². The van der Waals surface area contributed by atoms with Crippen molar-refractivity contribution in [1.82, 2.24) is 5.32 Å². The van der Waals surface area contributed by atoms with Crippen molar-refractivity contribution in [1.29, 1.82) is 0 Å². The van der Waals surface area contributed by atoms with Crippen molar-refractivity contribution >= 4 is 56.6 Å². The average Bonchev–Trinajstić information content (AvgIpc) is 2.78. The second kappa shape index (κ2) is 9.96. The SMILES string of the molecule is CSc1ccc(S(=O)(=O)N(C)c2ccc(C(=O)NCc3ccc(Cl)cc3Cl)cc2)cc1. The van der Waals surface area contributed by atoms with E-state index in [4.69, 9.17) is 23.2 Å². The number of benzene rings is 3. The smallest absolute Gasteiger partial charge is 0.264 e. The number of carbonyl (C=O) groups is 1. The van der Waals surface area contributed by atoms with Crippen molar-refractivity contribution in [3.05, 3.63) is 87.9 Å². The van der Waals surface area contributed by atoms with Gasteiger partial charge < -0.3 is 5.32 Å². The first kappa shape index (κ1) is 23.5. The largest absolute Gasteiger partial charge is 0.348 e. The summed E-state index contributed by atoms with van der Waals surface area (Å²) in [7, 11) is -2.23. The van der Waals surface area contributed by atoms with Crippen LogP contribution >= 0.6 is 35.0 Å². The highest BCUT2D eigenvalue weighted by Gasteiger charge is 2.21. The zero-order chi connectivity index (χ0) is 22.6. The lowest BCUT2D eigenvalue weighted by molar-refractivity contribution is 0.0951. The quantitative estimate of drug-likeness (QED) is 0.442. The number of amides is 1. The van der Waals surface area contributed by atoms with E-state index in [1.165, 1.54) is 11.4 Å². The molecule has 3 aromatic carbocycles. The van der Waals surface area contributed by atoms with Crippen LogP contribution in [0.3, 0.4) is 0 Å². The molecule has 0 atom stereocenters. The van der Waals surface area contributed by atoms with E-state index in [0.29, 0.717) is 21.3 Å². The molecule has 31 heavy (non-hydrogen) atoms. The number of halogens is 2. The van der Waals surface area contributed by atoms with Gasteiger partial charge in [0.05, 0.1) is 10.6 Å². The van der Waals surface area contributed by atoms with Crippen molar-refractivity contribution in [3.8, 4) is 0 Å². The fourth-order valence-corrected chi connectivity index (χ4v) is 4.89. The number of anilines is 1. The summed E-state index contributed by atoms with van der Waals surface area (Å²) in [6, 6.07) is 18.1. The van der Waals surface area contributed by atoms with Crippen LogP contribution in [-0.4, -0.2) is 27.6 Å². The molecule has 1 amide bonds. The van der Waals surface area contributed by atoms with Gasteiger partial charge in [0.15, 0.2) is 0 Å². The van der Waals surface area contributed by atoms with Crippen molar-refractivity contribution in [3.63, 3.8) is 0 Å². The molecule has 0 fully saturated rings. The molecule has 0 heterocycles. The second-order valence-electron chi connectivity index (χ2n) is 6.61. The van der Waals surface area contributed by atoms with E-state index < -0.39 is 10.0 Å². The maximum absolute atomic E-state index is 12.9. The summed E-state index contributed by atoms with van der Waals surface area (Å²) in [5, 5.41) is 3.79. The molecule has 0 spiro atoms. The van der Waals surface area contributed by atoms with Gasteiger partial charge in [0.1, 0.15) is 0 Å². The number of carbonyl (C=O) groups excluding carboxylic acids is 1. The van der Waals surface area contributed by atoms with E-state index in [-0.39, 0.29) is 17.3 Å². The molecule has 3 aromatic rings. The molecule has 3 rings (SSSR count). The minimum Gasteiger partial charge on any atom is -0.348 e. The Morgan fingerprint density at radius 2 is 1.65 bits per heavy atom. The monoisotopic (exact) mass is 494 g/mol. The van der Waals surface area contributed by atoms with E-state index in [9.17, 15) is 13.2 Å². The summed E-state index contributed by atoms with van der Waals surface area (Å²) >= 11 is 13.5. The Balaban J connectivity index is 1.70. The maximum atomic E-state index is 12.9. The van der Waals surface area contributed by atoms with Gasteiger partial charge >= 0.3 is 0 Å². The Morgan fingerprint density at radius 1 is 1.00 bits per heavy atom. The molecule has 9 heteroatoms. The fraction of sp³-hybridized carbons (Fsp3) is 0.136. The summed E-state index contributed by atoms with van der Waals surface area (Å²) in [6.45, 7) is 0.247.